The molecule has 0 aliphatic carbocycles. The minimum Gasteiger partial charge on any atom is -0.444 e. The summed E-state index contributed by atoms with van der Waals surface area (Å²) in [5.41, 5.74) is 1.43. The Morgan fingerprint density at radius 1 is 1.17 bits per heavy atom. The molecule has 0 bridgehead atoms. The van der Waals surface area contributed by atoms with Crippen LogP contribution >= 0.6 is 0 Å². The molecule has 0 radical (unpaired) electrons. The fourth-order valence-corrected chi connectivity index (χ4v) is 3.88. The fourth-order valence-electron chi connectivity index (χ4n) is 3.88. The highest BCUT2D eigenvalue weighted by Crippen LogP contribution is 2.32. The van der Waals surface area contributed by atoms with Crippen molar-refractivity contribution >= 4 is 16.6 Å². The van der Waals surface area contributed by atoms with E-state index in [1.807, 2.05) is 19.9 Å². The Kier molecular flexibility index (Phi) is 5.69. The number of benzene rings is 1. The molecule has 3 heterocycles. The number of aryl methyl sites for hydroxylation is 2. The Morgan fingerprint density at radius 2 is 1.93 bits per heavy atom. The predicted molar refractivity (Wildman–Crippen MR) is 109 cm³/mol. The van der Waals surface area contributed by atoms with Crippen LogP contribution in [0.15, 0.2) is 34.9 Å². The Labute approximate surface area is 173 Å². The molecule has 1 saturated heterocycles. The number of nitrogens with zero attached hydrogens (tertiary/aromatic N) is 3. The van der Waals surface area contributed by atoms with Gasteiger partial charge in [0, 0.05) is 23.8 Å². The first-order valence-corrected chi connectivity index (χ1v) is 10.1. The molecule has 1 fully saturated rings. The number of nitrogens with one attached hydrogen (secondary N) is 1. The van der Waals surface area contributed by atoms with Crippen molar-refractivity contribution in [2.24, 2.45) is 5.92 Å². The summed E-state index contributed by atoms with van der Waals surface area (Å²) in [6, 6.07) is 5.53. The van der Waals surface area contributed by atoms with Crippen LogP contribution in [-0.4, -0.2) is 34.5 Å². The first-order valence-electron chi connectivity index (χ1n) is 10.1. The highest BCUT2D eigenvalue weighted by Gasteiger charge is 2.30. The van der Waals surface area contributed by atoms with E-state index in [1.54, 1.807) is 6.20 Å². The van der Waals surface area contributed by atoms with Crippen LogP contribution in [0.4, 0.5) is 18.9 Å². The molecule has 1 aliphatic heterocycles. The van der Waals surface area contributed by atoms with Gasteiger partial charge in [-0.3, -0.25) is 9.88 Å². The summed E-state index contributed by atoms with van der Waals surface area (Å²) in [6.45, 7) is 7.33. The zero-order chi connectivity index (χ0) is 21.3. The molecule has 5 nitrogen and oxygen atoms in total. The Hall–Kier alpha value is -2.61. The summed E-state index contributed by atoms with van der Waals surface area (Å²) in [7, 11) is 0. The van der Waals surface area contributed by atoms with Gasteiger partial charge in [0.2, 0.25) is 5.89 Å². The number of hydrogen-bond donors (Lipinski definition) is 1. The third-order valence-electron chi connectivity index (χ3n) is 5.79. The van der Waals surface area contributed by atoms with Gasteiger partial charge >= 0.3 is 6.18 Å². The van der Waals surface area contributed by atoms with E-state index in [1.165, 1.54) is 6.07 Å². The van der Waals surface area contributed by atoms with Crippen molar-refractivity contribution in [2.75, 3.05) is 25.0 Å². The molecule has 1 aromatic carbocycles. The molecule has 1 N–H and O–H groups in total. The van der Waals surface area contributed by atoms with Crippen LogP contribution in [0.3, 0.4) is 0 Å². The fraction of sp³-hybridized carbons (Fsp3) is 0.455. The molecule has 0 saturated carbocycles. The van der Waals surface area contributed by atoms with Gasteiger partial charge < -0.3 is 9.73 Å². The summed E-state index contributed by atoms with van der Waals surface area (Å²) in [5, 5.41) is 4.13. The summed E-state index contributed by atoms with van der Waals surface area (Å²) in [5.74, 6) is 2.14. The molecular formula is C22H25F3N4O. The van der Waals surface area contributed by atoms with Gasteiger partial charge in [-0.25, -0.2) is 4.98 Å². The third kappa shape index (κ3) is 4.59. The van der Waals surface area contributed by atoms with Gasteiger partial charge in [0.1, 0.15) is 5.76 Å². The second-order valence-corrected chi connectivity index (χ2v) is 7.94. The highest BCUT2D eigenvalue weighted by atomic mass is 19.4. The Morgan fingerprint density at radius 3 is 2.60 bits per heavy atom. The number of anilines is 1. The monoisotopic (exact) mass is 418 g/mol. The lowest BCUT2D eigenvalue weighted by Gasteiger charge is -2.31. The SMILES string of the molecule is Cc1nc(CN2CCC(CNc3ccnc4cc(C(F)(F)F)ccc34)CC2)oc1C. The molecule has 8 heteroatoms. The van der Waals surface area contributed by atoms with Crippen molar-refractivity contribution in [2.45, 2.75) is 39.4 Å². The minimum absolute atomic E-state index is 0.348. The van der Waals surface area contributed by atoms with E-state index in [0.717, 1.165) is 74.2 Å². The normalized spacial score (nSPS) is 16.3. The lowest BCUT2D eigenvalue weighted by atomic mass is 9.96. The van der Waals surface area contributed by atoms with Gasteiger partial charge in [-0.05, 0) is 63.9 Å². The zero-order valence-electron chi connectivity index (χ0n) is 17.1. The minimum atomic E-state index is -4.37. The second kappa shape index (κ2) is 8.26. The summed E-state index contributed by atoms with van der Waals surface area (Å²) < 4.78 is 44.5. The van der Waals surface area contributed by atoms with Gasteiger partial charge in [0.15, 0.2) is 0 Å². The van der Waals surface area contributed by atoms with E-state index in [2.05, 4.69) is 20.2 Å². The number of oxazole rings is 1. The number of fused-ring (bicyclic) bond motifs is 1. The maximum Gasteiger partial charge on any atom is 0.416 e. The average Bonchev–Trinajstić information content (AvgIpc) is 3.03. The number of aromatic nitrogens is 2. The standard InChI is InChI=1S/C22H25F3N4O/c1-14-15(2)30-21(28-14)13-29-9-6-16(7-10-29)12-27-19-5-8-26-20-11-17(22(23,24)25)3-4-18(19)20/h3-5,8,11,16H,6-7,9-10,12-13H2,1-2H3,(H,26,27). The number of halogens is 3. The number of piperidine rings is 1. The molecule has 3 aromatic rings. The first kappa shape index (κ1) is 20.7. The number of rotatable bonds is 5. The van der Waals surface area contributed by atoms with Crippen molar-refractivity contribution in [3.8, 4) is 0 Å². The van der Waals surface area contributed by atoms with Crippen LogP contribution in [0.25, 0.3) is 10.9 Å². The van der Waals surface area contributed by atoms with Gasteiger partial charge in [0.25, 0.3) is 0 Å². The van der Waals surface area contributed by atoms with Crippen LogP contribution in [0.1, 0.15) is 35.7 Å². The first-order chi connectivity index (χ1) is 14.3. The highest BCUT2D eigenvalue weighted by molar-refractivity contribution is 5.91. The maximum atomic E-state index is 12.9. The maximum absolute atomic E-state index is 12.9. The molecule has 2 aromatic heterocycles. The zero-order valence-corrected chi connectivity index (χ0v) is 17.1. The molecule has 4 rings (SSSR count). The molecule has 0 amide bonds. The molecule has 0 unspecified atom stereocenters. The number of hydrogen-bond acceptors (Lipinski definition) is 5. The van der Waals surface area contributed by atoms with Crippen molar-refractivity contribution in [1.82, 2.24) is 14.9 Å². The van der Waals surface area contributed by atoms with Crippen molar-refractivity contribution in [1.29, 1.82) is 0 Å². The summed E-state index contributed by atoms with van der Waals surface area (Å²) in [4.78, 5) is 10.9. The van der Waals surface area contributed by atoms with Crippen LogP contribution in [0, 0.1) is 19.8 Å². The predicted octanol–water partition coefficient (Wildman–Crippen LogP) is 5.18. The number of alkyl halides is 3. The van der Waals surface area contributed by atoms with E-state index < -0.39 is 11.7 Å². The smallest absolute Gasteiger partial charge is 0.416 e. The molecule has 30 heavy (non-hydrogen) atoms. The van der Waals surface area contributed by atoms with E-state index in [0.29, 0.717) is 16.8 Å². The molecule has 160 valence electrons. The lowest BCUT2D eigenvalue weighted by Crippen LogP contribution is -2.35. The topological polar surface area (TPSA) is 54.2 Å². The third-order valence-corrected chi connectivity index (χ3v) is 5.79. The quantitative estimate of drug-likeness (QED) is 0.619. The molecule has 0 spiro atoms. The van der Waals surface area contributed by atoms with E-state index in [-0.39, 0.29) is 0 Å². The van der Waals surface area contributed by atoms with Gasteiger partial charge in [-0.2, -0.15) is 13.2 Å². The molecule has 0 atom stereocenters. The van der Waals surface area contributed by atoms with Crippen molar-refractivity contribution < 1.29 is 17.6 Å². The van der Waals surface area contributed by atoms with E-state index >= 15 is 0 Å². The van der Waals surface area contributed by atoms with Crippen LogP contribution in [0.5, 0.6) is 0 Å². The van der Waals surface area contributed by atoms with Crippen LogP contribution in [0.2, 0.25) is 0 Å². The second-order valence-electron chi connectivity index (χ2n) is 7.94. The van der Waals surface area contributed by atoms with E-state index in [9.17, 15) is 13.2 Å². The number of likely N-dealkylation sites (tertiary alicyclic amines) is 1. The Balaban J connectivity index is 1.34. The van der Waals surface area contributed by atoms with Crippen LogP contribution in [-0.2, 0) is 12.7 Å². The van der Waals surface area contributed by atoms with E-state index in [4.69, 9.17) is 4.42 Å². The Bertz CT molecular complexity index is 1000. The van der Waals surface area contributed by atoms with Gasteiger partial charge in [-0.1, -0.05) is 6.07 Å². The van der Waals surface area contributed by atoms with Gasteiger partial charge in [0.05, 0.1) is 23.3 Å². The van der Waals surface area contributed by atoms with Crippen molar-refractivity contribution in [3.63, 3.8) is 0 Å². The lowest BCUT2D eigenvalue weighted by molar-refractivity contribution is -0.137. The average molecular weight is 418 g/mol. The number of pyridine rings is 1. The summed E-state index contributed by atoms with van der Waals surface area (Å²) in [6.07, 6.45) is -0.719. The molecule has 1 aliphatic rings. The summed E-state index contributed by atoms with van der Waals surface area (Å²) >= 11 is 0. The van der Waals surface area contributed by atoms with Crippen LogP contribution < -0.4 is 5.32 Å². The van der Waals surface area contributed by atoms with Gasteiger partial charge in [-0.15, -0.1) is 0 Å². The van der Waals surface area contributed by atoms with Crippen molar-refractivity contribution in [3.05, 3.63) is 53.4 Å². The largest absolute Gasteiger partial charge is 0.444 e. The molecular weight excluding hydrogens is 393 g/mol.